The van der Waals surface area contributed by atoms with Crippen LogP contribution >= 0.6 is 0 Å². The Hall–Kier alpha value is -1.52. The molecule has 1 aliphatic carbocycles. The van der Waals surface area contributed by atoms with E-state index < -0.39 is 0 Å². The molecule has 2 fully saturated rings. The van der Waals surface area contributed by atoms with Crippen LogP contribution in [0.1, 0.15) is 69.3 Å². The smallest absolute Gasteiger partial charge is 0.317 e. The van der Waals surface area contributed by atoms with Crippen LogP contribution in [0.15, 0.2) is 6.20 Å². The number of hydrogen-bond acceptors (Lipinski definition) is 2. The molecule has 1 saturated carbocycles. The molecule has 0 bridgehead atoms. The van der Waals surface area contributed by atoms with Gasteiger partial charge in [0.1, 0.15) is 5.82 Å². The van der Waals surface area contributed by atoms with E-state index in [1.807, 2.05) is 4.90 Å². The van der Waals surface area contributed by atoms with Crippen LogP contribution in [-0.4, -0.2) is 40.1 Å². The normalized spacial score (nSPS) is 23.0. The lowest BCUT2D eigenvalue weighted by molar-refractivity contribution is 0.179. The maximum Gasteiger partial charge on any atom is 0.317 e. The Kier molecular flexibility index (Phi) is 4.27. The van der Waals surface area contributed by atoms with Crippen molar-refractivity contribution in [2.45, 2.75) is 70.8 Å². The zero-order valence-corrected chi connectivity index (χ0v) is 14.9. The van der Waals surface area contributed by atoms with E-state index in [2.05, 4.69) is 23.0 Å². The molecule has 1 saturated heterocycles. The van der Waals surface area contributed by atoms with Gasteiger partial charge in [0.25, 0.3) is 0 Å². The molecule has 24 heavy (non-hydrogen) atoms. The fraction of sp³-hybridized carbons (Fsp3) is 0.789. The van der Waals surface area contributed by atoms with Gasteiger partial charge in [-0.15, -0.1) is 0 Å². The number of carbonyl (C=O) groups is 1. The summed E-state index contributed by atoms with van der Waals surface area (Å²) in [6.45, 7) is 5.98. The largest absolute Gasteiger partial charge is 0.338 e. The van der Waals surface area contributed by atoms with Crippen molar-refractivity contribution >= 4 is 6.03 Å². The van der Waals surface area contributed by atoms with Crippen LogP contribution in [0.4, 0.5) is 4.79 Å². The lowest BCUT2D eigenvalue weighted by Gasteiger charge is -2.32. The third kappa shape index (κ3) is 3.31. The van der Waals surface area contributed by atoms with Gasteiger partial charge < -0.3 is 14.8 Å². The molecule has 2 amide bonds. The molecule has 3 aliphatic rings. The van der Waals surface area contributed by atoms with E-state index in [-0.39, 0.29) is 6.03 Å². The van der Waals surface area contributed by atoms with Crippen molar-refractivity contribution in [2.24, 2.45) is 5.41 Å². The summed E-state index contributed by atoms with van der Waals surface area (Å²) in [4.78, 5) is 19.0. The Morgan fingerprint density at radius 1 is 1.29 bits per heavy atom. The summed E-state index contributed by atoms with van der Waals surface area (Å²) in [7, 11) is 0. The average molecular weight is 330 g/mol. The van der Waals surface area contributed by atoms with Gasteiger partial charge in [0.05, 0.1) is 0 Å². The SMILES string of the molecule is CC1(CCNC(=O)N2CCC(c3ncc4n3CCCC4)CC2)CC1. The number of amides is 2. The van der Waals surface area contributed by atoms with E-state index in [1.54, 1.807) is 0 Å². The third-order valence-electron chi connectivity index (χ3n) is 6.29. The Labute approximate surface area is 144 Å². The Bertz CT molecular complexity index is 597. The second-order valence-corrected chi connectivity index (χ2v) is 8.27. The highest BCUT2D eigenvalue weighted by Gasteiger charge is 2.36. The van der Waals surface area contributed by atoms with Crippen LogP contribution in [0.3, 0.4) is 0 Å². The summed E-state index contributed by atoms with van der Waals surface area (Å²) < 4.78 is 2.44. The summed E-state index contributed by atoms with van der Waals surface area (Å²) in [5.74, 6) is 1.79. The molecular weight excluding hydrogens is 300 g/mol. The van der Waals surface area contributed by atoms with Gasteiger partial charge in [0.15, 0.2) is 0 Å². The first kappa shape index (κ1) is 16.0. The van der Waals surface area contributed by atoms with E-state index in [0.717, 1.165) is 45.4 Å². The molecule has 0 spiro atoms. The van der Waals surface area contributed by atoms with Crippen molar-refractivity contribution in [3.63, 3.8) is 0 Å². The summed E-state index contributed by atoms with van der Waals surface area (Å²) in [6, 6.07) is 0.128. The molecule has 0 atom stereocenters. The monoisotopic (exact) mass is 330 g/mol. The first-order valence-electron chi connectivity index (χ1n) is 9.72. The highest BCUT2D eigenvalue weighted by Crippen LogP contribution is 2.47. The van der Waals surface area contributed by atoms with Gasteiger partial charge in [0, 0.05) is 44.0 Å². The van der Waals surface area contributed by atoms with E-state index in [9.17, 15) is 4.79 Å². The van der Waals surface area contributed by atoms with Crippen molar-refractivity contribution < 1.29 is 4.79 Å². The maximum atomic E-state index is 12.3. The summed E-state index contributed by atoms with van der Waals surface area (Å²) >= 11 is 0. The number of nitrogens with one attached hydrogen (secondary N) is 1. The number of aromatic nitrogens is 2. The first-order valence-corrected chi connectivity index (χ1v) is 9.72. The summed E-state index contributed by atoms with van der Waals surface area (Å²) in [6.07, 6.45) is 11.7. The summed E-state index contributed by atoms with van der Waals surface area (Å²) in [5.41, 5.74) is 1.92. The molecule has 0 radical (unpaired) electrons. The molecule has 132 valence electrons. The minimum atomic E-state index is 0.128. The predicted octanol–water partition coefficient (Wildman–Crippen LogP) is 3.30. The number of imidazole rings is 1. The van der Waals surface area contributed by atoms with E-state index >= 15 is 0 Å². The lowest BCUT2D eigenvalue weighted by Crippen LogP contribution is -2.44. The first-order chi connectivity index (χ1) is 11.6. The standard InChI is InChI=1S/C19H30N4O/c1-19(7-8-19)9-10-20-18(24)22-12-5-15(6-13-22)17-21-14-16-4-2-3-11-23(16)17/h14-15H,2-13H2,1H3,(H,20,24). The van der Waals surface area contributed by atoms with Gasteiger partial charge in [0.2, 0.25) is 0 Å². The van der Waals surface area contributed by atoms with E-state index in [0.29, 0.717) is 11.3 Å². The van der Waals surface area contributed by atoms with E-state index in [4.69, 9.17) is 4.98 Å². The van der Waals surface area contributed by atoms with Crippen LogP contribution in [0.5, 0.6) is 0 Å². The number of piperidine rings is 1. The highest BCUT2D eigenvalue weighted by atomic mass is 16.2. The molecule has 5 heteroatoms. The second kappa shape index (κ2) is 6.41. The topological polar surface area (TPSA) is 50.2 Å². The van der Waals surface area contributed by atoms with Gasteiger partial charge in [-0.2, -0.15) is 0 Å². The quantitative estimate of drug-likeness (QED) is 0.921. The number of fused-ring (bicyclic) bond motifs is 1. The molecule has 0 aromatic carbocycles. The number of hydrogen-bond donors (Lipinski definition) is 1. The lowest BCUT2D eigenvalue weighted by atomic mass is 9.95. The number of carbonyl (C=O) groups excluding carboxylic acids is 1. The number of rotatable bonds is 4. The Balaban J connectivity index is 1.27. The second-order valence-electron chi connectivity index (χ2n) is 8.27. The van der Waals surface area contributed by atoms with E-state index in [1.165, 1.54) is 43.6 Å². The zero-order chi connectivity index (χ0) is 16.6. The Morgan fingerprint density at radius 3 is 2.83 bits per heavy atom. The van der Waals surface area contributed by atoms with Gasteiger partial charge in [-0.25, -0.2) is 9.78 Å². The number of nitrogens with zero attached hydrogens (tertiary/aromatic N) is 3. The molecule has 5 nitrogen and oxygen atoms in total. The van der Waals surface area contributed by atoms with Crippen molar-refractivity contribution in [1.29, 1.82) is 0 Å². The number of aryl methyl sites for hydroxylation is 1. The maximum absolute atomic E-state index is 12.3. The molecule has 1 aromatic rings. The van der Waals surface area contributed by atoms with Crippen molar-refractivity contribution in [2.75, 3.05) is 19.6 Å². The van der Waals surface area contributed by atoms with Crippen LogP contribution < -0.4 is 5.32 Å². The molecule has 0 unspecified atom stereocenters. The molecule has 1 aromatic heterocycles. The number of urea groups is 1. The average Bonchev–Trinajstić information content (AvgIpc) is 3.19. The summed E-state index contributed by atoms with van der Waals surface area (Å²) in [5, 5.41) is 3.11. The van der Waals surface area contributed by atoms with Gasteiger partial charge in [-0.1, -0.05) is 6.92 Å². The predicted molar refractivity (Wildman–Crippen MR) is 94.1 cm³/mol. The molecule has 4 rings (SSSR count). The molecule has 1 N–H and O–H groups in total. The molecule has 2 aliphatic heterocycles. The molecular formula is C19H30N4O. The highest BCUT2D eigenvalue weighted by molar-refractivity contribution is 5.74. The number of likely N-dealkylation sites (tertiary alicyclic amines) is 1. The van der Waals surface area contributed by atoms with Gasteiger partial charge >= 0.3 is 6.03 Å². The Morgan fingerprint density at radius 2 is 2.08 bits per heavy atom. The third-order valence-corrected chi connectivity index (χ3v) is 6.29. The van der Waals surface area contributed by atoms with Crippen molar-refractivity contribution in [3.8, 4) is 0 Å². The van der Waals surface area contributed by atoms with Gasteiger partial charge in [-0.05, 0) is 56.8 Å². The van der Waals surface area contributed by atoms with Crippen molar-refractivity contribution in [1.82, 2.24) is 19.8 Å². The van der Waals surface area contributed by atoms with Crippen molar-refractivity contribution in [3.05, 3.63) is 17.7 Å². The minimum absolute atomic E-state index is 0.128. The van der Waals surface area contributed by atoms with Gasteiger partial charge in [-0.3, -0.25) is 0 Å². The van der Waals surface area contributed by atoms with Crippen LogP contribution in [0, 0.1) is 5.41 Å². The minimum Gasteiger partial charge on any atom is -0.338 e. The fourth-order valence-corrected chi connectivity index (χ4v) is 4.17. The van der Waals surface area contributed by atoms with Crippen LogP contribution in [0.25, 0.3) is 0 Å². The zero-order valence-electron chi connectivity index (χ0n) is 14.9. The van der Waals surface area contributed by atoms with Crippen LogP contribution in [0.2, 0.25) is 0 Å². The molecule has 3 heterocycles. The fourth-order valence-electron chi connectivity index (χ4n) is 4.17. The van der Waals surface area contributed by atoms with Crippen LogP contribution in [-0.2, 0) is 13.0 Å².